The zero-order chi connectivity index (χ0) is 13.2. The van der Waals surface area contributed by atoms with E-state index in [4.69, 9.17) is 14.6 Å². The molecule has 1 heterocycles. The Kier molecular flexibility index (Phi) is 3.72. The normalized spacial score (nSPS) is 11.1. The summed E-state index contributed by atoms with van der Waals surface area (Å²) in [5, 5.41) is 8.89. The number of ether oxygens (including phenoxy) is 2. The number of carboxylic acid groups (broad SMARTS) is 1. The highest BCUT2D eigenvalue weighted by molar-refractivity contribution is 7.15. The second-order valence-electron chi connectivity index (χ2n) is 4.17. The second-order valence-corrected chi connectivity index (χ2v) is 5.13. The summed E-state index contributed by atoms with van der Waals surface area (Å²) in [4.78, 5) is 26.1. The van der Waals surface area contributed by atoms with Crippen LogP contribution in [0.5, 0.6) is 5.06 Å². The van der Waals surface area contributed by atoms with Crippen LogP contribution >= 0.6 is 11.3 Å². The topological polar surface area (TPSA) is 85.7 Å². The van der Waals surface area contributed by atoms with Crippen molar-refractivity contribution in [2.45, 2.75) is 26.4 Å². The number of carbonyl (C=O) groups excluding carboxylic acids is 1. The number of aromatic carboxylic acids is 1. The molecule has 0 aliphatic carbocycles. The summed E-state index contributed by atoms with van der Waals surface area (Å²) in [6.07, 6.45) is 0. The molecule has 0 saturated carbocycles. The summed E-state index contributed by atoms with van der Waals surface area (Å²) in [5.41, 5.74) is -0.933. The van der Waals surface area contributed by atoms with Gasteiger partial charge in [-0.2, -0.15) is 0 Å². The van der Waals surface area contributed by atoms with Crippen molar-refractivity contribution in [3.63, 3.8) is 0 Å². The first-order valence-corrected chi connectivity index (χ1v) is 5.57. The van der Waals surface area contributed by atoms with Crippen molar-refractivity contribution >= 4 is 23.3 Å². The third kappa shape index (κ3) is 3.42. The van der Waals surface area contributed by atoms with E-state index in [9.17, 15) is 9.59 Å². The van der Waals surface area contributed by atoms with E-state index in [1.165, 1.54) is 7.11 Å². The molecule has 0 unspecified atom stereocenters. The fraction of sp³-hybridized carbons (Fsp3) is 0.500. The molecule has 0 radical (unpaired) electrons. The predicted octanol–water partition coefficient (Wildman–Crippen LogP) is 1.81. The first kappa shape index (κ1) is 13.4. The van der Waals surface area contributed by atoms with Gasteiger partial charge in [0.25, 0.3) is 0 Å². The van der Waals surface area contributed by atoms with E-state index < -0.39 is 17.5 Å². The van der Waals surface area contributed by atoms with Gasteiger partial charge in [-0.3, -0.25) is 0 Å². The van der Waals surface area contributed by atoms with Gasteiger partial charge < -0.3 is 14.6 Å². The predicted molar refractivity (Wildman–Crippen MR) is 60.8 cm³/mol. The van der Waals surface area contributed by atoms with Crippen LogP contribution in [0.2, 0.25) is 0 Å². The number of nitrogens with zero attached hydrogens (tertiary/aromatic N) is 1. The minimum Gasteiger partial charge on any atom is -0.485 e. The van der Waals surface area contributed by atoms with Gasteiger partial charge in [0.2, 0.25) is 15.8 Å². The van der Waals surface area contributed by atoms with Gasteiger partial charge >= 0.3 is 11.9 Å². The number of hydrogen-bond donors (Lipinski definition) is 1. The van der Waals surface area contributed by atoms with E-state index in [1.54, 1.807) is 20.8 Å². The first-order valence-electron chi connectivity index (χ1n) is 4.76. The smallest absolute Gasteiger partial charge is 0.368 e. The molecule has 1 rings (SSSR count). The molecule has 94 valence electrons. The molecule has 7 heteroatoms. The molecule has 1 N–H and O–H groups in total. The number of thiazole rings is 1. The van der Waals surface area contributed by atoms with Gasteiger partial charge in [-0.1, -0.05) is 11.3 Å². The minimum atomic E-state index is -1.24. The van der Waals surface area contributed by atoms with Crippen LogP contribution in [-0.2, 0) is 4.74 Å². The largest absolute Gasteiger partial charge is 0.485 e. The Labute approximate surface area is 102 Å². The van der Waals surface area contributed by atoms with Gasteiger partial charge in [-0.15, -0.1) is 0 Å². The van der Waals surface area contributed by atoms with E-state index in [2.05, 4.69) is 4.98 Å². The van der Waals surface area contributed by atoms with E-state index in [-0.39, 0.29) is 15.8 Å². The summed E-state index contributed by atoms with van der Waals surface area (Å²) in [6, 6.07) is 0. The number of methoxy groups -OCH3 is 1. The summed E-state index contributed by atoms with van der Waals surface area (Å²) in [6.45, 7) is 5.15. The van der Waals surface area contributed by atoms with Crippen LogP contribution in [0, 0.1) is 0 Å². The molecule has 1 aromatic rings. The molecule has 0 saturated heterocycles. The Morgan fingerprint density at radius 1 is 1.35 bits per heavy atom. The quantitative estimate of drug-likeness (QED) is 0.833. The van der Waals surface area contributed by atoms with Crippen LogP contribution in [0.15, 0.2) is 0 Å². The molecule has 0 aliphatic heterocycles. The molecule has 0 amide bonds. The molecular weight excluding hydrogens is 246 g/mol. The SMILES string of the molecule is COc1sc(C(=O)OC(C)(C)C)nc1C(=O)O. The van der Waals surface area contributed by atoms with Crippen LogP contribution < -0.4 is 4.74 Å². The average Bonchev–Trinajstić information content (AvgIpc) is 2.58. The molecular formula is C10H13NO5S. The fourth-order valence-corrected chi connectivity index (χ4v) is 1.74. The number of rotatable bonds is 3. The lowest BCUT2D eigenvalue weighted by Crippen LogP contribution is -2.23. The van der Waals surface area contributed by atoms with Crippen molar-refractivity contribution in [3.8, 4) is 5.06 Å². The first-order chi connectivity index (χ1) is 7.74. The highest BCUT2D eigenvalue weighted by Gasteiger charge is 2.25. The summed E-state index contributed by atoms with van der Waals surface area (Å²) < 4.78 is 9.91. The van der Waals surface area contributed by atoms with Gasteiger partial charge in [0.05, 0.1) is 7.11 Å². The van der Waals surface area contributed by atoms with Crippen molar-refractivity contribution in [3.05, 3.63) is 10.7 Å². The zero-order valence-electron chi connectivity index (χ0n) is 9.94. The third-order valence-corrected chi connectivity index (χ3v) is 2.55. The Bertz CT molecular complexity index is 446. The highest BCUT2D eigenvalue weighted by atomic mass is 32.1. The van der Waals surface area contributed by atoms with Crippen molar-refractivity contribution in [2.75, 3.05) is 7.11 Å². The number of aromatic nitrogens is 1. The highest BCUT2D eigenvalue weighted by Crippen LogP contribution is 2.28. The third-order valence-electron chi connectivity index (χ3n) is 1.56. The summed E-state index contributed by atoms with van der Waals surface area (Å²) in [7, 11) is 1.32. The van der Waals surface area contributed by atoms with Gasteiger partial charge in [-0.25, -0.2) is 14.6 Å². The monoisotopic (exact) mass is 259 g/mol. The molecule has 17 heavy (non-hydrogen) atoms. The lowest BCUT2D eigenvalue weighted by Gasteiger charge is -2.18. The molecule has 6 nitrogen and oxygen atoms in total. The van der Waals surface area contributed by atoms with E-state index in [1.807, 2.05) is 0 Å². The van der Waals surface area contributed by atoms with Gasteiger partial charge in [0, 0.05) is 0 Å². The van der Waals surface area contributed by atoms with E-state index >= 15 is 0 Å². The molecule has 0 aromatic carbocycles. The van der Waals surface area contributed by atoms with Crippen molar-refractivity contribution in [1.82, 2.24) is 4.98 Å². The molecule has 1 aromatic heterocycles. The van der Waals surface area contributed by atoms with Crippen LogP contribution in [0.4, 0.5) is 0 Å². The molecule has 0 atom stereocenters. The minimum absolute atomic E-state index is 0.0332. The van der Waals surface area contributed by atoms with Crippen molar-refractivity contribution in [1.29, 1.82) is 0 Å². The lowest BCUT2D eigenvalue weighted by molar-refractivity contribution is 0.00692. The molecule has 0 spiro atoms. The van der Waals surface area contributed by atoms with Crippen LogP contribution in [0.25, 0.3) is 0 Å². The number of hydrogen-bond acceptors (Lipinski definition) is 6. The Morgan fingerprint density at radius 2 is 1.94 bits per heavy atom. The molecule has 0 aliphatic rings. The Morgan fingerprint density at radius 3 is 2.29 bits per heavy atom. The van der Waals surface area contributed by atoms with Crippen LogP contribution in [0.3, 0.4) is 0 Å². The Hall–Kier alpha value is -1.63. The zero-order valence-corrected chi connectivity index (χ0v) is 10.8. The maximum Gasteiger partial charge on any atom is 0.368 e. The Balaban J connectivity index is 3.00. The standard InChI is InChI=1S/C10H13NO5S/c1-10(2,3)16-8(14)6-11-5(7(12)13)9(15-4)17-6/h1-4H3,(H,12,13). The maximum atomic E-state index is 11.6. The summed E-state index contributed by atoms with van der Waals surface area (Å²) >= 11 is 0.848. The summed E-state index contributed by atoms with van der Waals surface area (Å²) in [5.74, 6) is -1.90. The van der Waals surface area contributed by atoms with Crippen molar-refractivity contribution < 1.29 is 24.2 Å². The number of carboxylic acids is 1. The lowest BCUT2D eigenvalue weighted by atomic mass is 10.2. The van der Waals surface area contributed by atoms with Crippen molar-refractivity contribution in [2.24, 2.45) is 0 Å². The number of carbonyl (C=O) groups is 2. The van der Waals surface area contributed by atoms with Gasteiger partial charge in [0.15, 0.2) is 0 Å². The van der Waals surface area contributed by atoms with Gasteiger partial charge in [-0.05, 0) is 20.8 Å². The second kappa shape index (κ2) is 4.70. The number of esters is 1. The van der Waals surface area contributed by atoms with E-state index in [0.29, 0.717) is 0 Å². The molecule has 0 fully saturated rings. The molecule has 0 bridgehead atoms. The van der Waals surface area contributed by atoms with Crippen LogP contribution in [0.1, 0.15) is 41.1 Å². The van der Waals surface area contributed by atoms with E-state index in [0.717, 1.165) is 11.3 Å². The fourth-order valence-electron chi connectivity index (χ4n) is 0.989. The van der Waals surface area contributed by atoms with Crippen LogP contribution in [-0.4, -0.2) is 34.7 Å². The van der Waals surface area contributed by atoms with Gasteiger partial charge in [0.1, 0.15) is 5.60 Å². The average molecular weight is 259 g/mol. The maximum absolute atomic E-state index is 11.6.